The molecule has 0 aliphatic rings. The molecule has 5 aromatic rings. The predicted molar refractivity (Wildman–Crippen MR) is 168 cm³/mol. The molecule has 0 N–H and O–H groups in total. The molecule has 4 aromatic carbocycles. The monoisotopic (exact) mass is 510 g/mol. The minimum absolute atomic E-state index is 0.299. The zero-order chi connectivity index (χ0) is 26.5. The molecule has 0 unspecified atom stereocenters. The lowest BCUT2D eigenvalue weighted by atomic mass is 9.41. The van der Waals surface area contributed by atoms with Crippen molar-refractivity contribution in [3.63, 3.8) is 0 Å². The normalized spacial score (nSPS) is 11.0. The van der Waals surface area contributed by atoms with Crippen molar-refractivity contribution < 1.29 is 0 Å². The maximum Gasteiger partial charge on any atom is 0.233 e. The quantitative estimate of drug-likeness (QED) is 0.195. The zero-order valence-electron chi connectivity index (χ0n) is 22.1. The van der Waals surface area contributed by atoms with Crippen LogP contribution in [0.25, 0.3) is 0 Å². The summed E-state index contributed by atoms with van der Waals surface area (Å²) in [6.45, 7) is 6.32. The molecule has 0 fully saturated rings. The van der Waals surface area contributed by atoms with Crippen LogP contribution in [0.5, 0.6) is 0 Å². The van der Waals surface area contributed by atoms with Crippen LogP contribution in [-0.4, -0.2) is 24.3 Å². The Balaban J connectivity index is 0.000000194. The number of imidazole rings is 1. The summed E-state index contributed by atoms with van der Waals surface area (Å²) in [5.41, 5.74) is 2.58. The van der Waals surface area contributed by atoms with Crippen LogP contribution in [0.15, 0.2) is 165 Å². The molecule has 0 aliphatic heterocycles. The maximum absolute atomic E-state index is 4.24. The largest absolute Gasteiger partial charge is 0.340 e. The van der Waals surface area contributed by atoms with Gasteiger partial charge in [0.25, 0.3) is 0 Å². The van der Waals surface area contributed by atoms with Gasteiger partial charge in [0.1, 0.15) is 8.07 Å². The highest BCUT2D eigenvalue weighted by Crippen LogP contribution is 2.15. The molecule has 0 saturated carbocycles. The molecule has 1 aromatic heterocycles. The molecule has 2 nitrogen and oxygen atoms in total. The summed E-state index contributed by atoms with van der Waals surface area (Å²) < 4.78 is 2.23. The standard InChI is InChI=1S/C20H22N2Si.C14H13B/c1-2-3-16-23(18-22-15-14-21-17-22,19-10-6-4-7-11-19)20-12-8-5-9-13-20;1-2-15(13-9-5-3-6-10-13)14-11-7-4-8-12-14/h2-15,17H,16,18H2,1H3;2-12H,1H2. The minimum Gasteiger partial charge on any atom is -0.340 e. The lowest BCUT2D eigenvalue weighted by Crippen LogP contribution is -2.61. The summed E-state index contributed by atoms with van der Waals surface area (Å²) in [6, 6.07) is 44.0. The van der Waals surface area contributed by atoms with Gasteiger partial charge in [-0.25, -0.2) is 4.98 Å². The van der Waals surface area contributed by atoms with E-state index >= 15 is 0 Å². The van der Waals surface area contributed by atoms with Gasteiger partial charge >= 0.3 is 0 Å². The number of nitrogens with zero attached hydrogens (tertiary/aromatic N) is 2. The third kappa shape index (κ3) is 6.78. The summed E-state index contributed by atoms with van der Waals surface area (Å²) in [5, 5.41) is 2.94. The van der Waals surface area contributed by atoms with Gasteiger partial charge in [-0.3, -0.25) is 0 Å². The average Bonchev–Trinajstić information content (AvgIpc) is 3.51. The van der Waals surface area contributed by atoms with E-state index in [4.69, 9.17) is 0 Å². The smallest absolute Gasteiger partial charge is 0.233 e. The number of aromatic nitrogens is 2. The molecular formula is C34H35BN2Si. The number of hydrogen-bond acceptors (Lipinski definition) is 1. The Hall–Kier alpha value is -4.15. The molecule has 0 saturated heterocycles. The van der Waals surface area contributed by atoms with Crippen molar-refractivity contribution in [2.24, 2.45) is 0 Å². The van der Waals surface area contributed by atoms with E-state index < -0.39 is 8.07 Å². The fourth-order valence-electron chi connectivity index (χ4n) is 4.96. The van der Waals surface area contributed by atoms with Crippen molar-refractivity contribution in [2.75, 3.05) is 0 Å². The van der Waals surface area contributed by atoms with Gasteiger partial charge in [0.15, 0.2) is 0 Å². The molecule has 0 aliphatic carbocycles. The van der Waals surface area contributed by atoms with Gasteiger partial charge in [0, 0.05) is 18.6 Å². The van der Waals surface area contributed by atoms with Crippen LogP contribution in [0.2, 0.25) is 6.04 Å². The fourth-order valence-corrected chi connectivity index (χ4v) is 9.37. The Bertz CT molecular complexity index is 1290. The third-order valence-electron chi connectivity index (χ3n) is 6.92. The fraction of sp³-hybridized carbons (Fsp3) is 0.0882. The highest BCUT2D eigenvalue weighted by atomic mass is 28.3. The van der Waals surface area contributed by atoms with E-state index in [9.17, 15) is 0 Å². The SMILES string of the molecule is C=CB(c1ccccc1)c1ccccc1.CC=CC[Si](Cn1ccnc1)(c1ccccc1)c1ccccc1. The number of rotatable bonds is 9. The molecule has 0 radical (unpaired) electrons. The molecule has 38 heavy (non-hydrogen) atoms. The van der Waals surface area contributed by atoms with Gasteiger partial charge in [-0.15, -0.1) is 12.6 Å². The van der Waals surface area contributed by atoms with Gasteiger partial charge in [0.2, 0.25) is 6.71 Å². The average molecular weight is 511 g/mol. The zero-order valence-corrected chi connectivity index (χ0v) is 23.1. The van der Waals surface area contributed by atoms with E-state index in [0.717, 1.165) is 12.2 Å². The lowest BCUT2D eigenvalue weighted by Gasteiger charge is -2.32. The van der Waals surface area contributed by atoms with Gasteiger partial charge in [-0.2, -0.15) is 0 Å². The molecule has 4 heteroatoms. The molecule has 5 rings (SSSR count). The Kier molecular flexibility index (Phi) is 9.89. The van der Waals surface area contributed by atoms with Gasteiger partial charge < -0.3 is 4.57 Å². The Morgan fingerprint density at radius 1 is 0.737 bits per heavy atom. The Morgan fingerprint density at radius 2 is 1.21 bits per heavy atom. The van der Waals surface area contributed by atoms with Crippen LogP contribution in [0.3, 0.4) is 0 Å². The van der Waals surface area contributed by atoms with Gasteiger partial charge in [0.05, 0.1) is 6.33 Å². The van der Waals surface area contributed by atoms with Gasteiger partial charge in [-0.05, 0) is 13.0 Å². The van der Waals surface area contributed by atoms with Crippen LogP contribution in [0.4, 0.5) is 0 Å². The first-order chi connectivity index (χ1) is 18.8. The van der Waals surface area contributed by atoms with Crippen molar-refractivity contribution in [1.29, 1.82) is 0 Å². The molecule has 0 amide bonds. The molecule has 0 atom stereocenters. The van der Waals surface area contributed by atoms with E-state index in [-0.39, 0.29) is 0 Å². The molecule has 188 valence electrons. The molecule has 1 heterocycles. The molecule has 0 spiro atoms. The topological polar surface area (TPSA) is 17.8 Å². The number of hydrogen-bond donors (Lipinski definition) is 0. The maximum atomic E-state index is 4.24. The van der Waals surface area contributed by atoms with E-state index in [1.165, 1.54) is 21.3 Å². The van der Waals surface area contributed by atoms with E-state index in [2.05, 4.69) is 151 Å². The van der Waals surface area contributed by atoms with Gasteiger partial charge in [-0.1, -0.05) is 155 Å². The minimum atomic E-state index is -1.94. The highest BCUT2D eigenvalue weighted by molar-refractivity contribution is 7.01. The van der Waals surface area contributed by atoms with Crippen molar-refractivity contribution in [2.45, 2.75) is 19.1 Å². The van der Waals surface area contributed by atoms with Crippen LogP contribution in [0, 0.1) is 0 Å². The van der Waals surface area contributed by atoms with E-state index in [1.54, 1.807) is 0 Å². The number of benzene rings is 4. The van der Waals surface area contributed by atoms with Crippen molar-refractivity contribution in [3.05, 3.63) is 165 Å². The van der Waals surface area contributed by atoms with E-state index in [1.807, 2.05) is 30.6 Å². The highest BCUT2D eigenvalue weighted by Gasteiger charge is 2.36. The second kappa shape index (κ2) is 14.0. The first kappa shape index (κ1) is 26.9. The molecule has 0 bridgehead atoms. The Labute approximate surface area is 229 Å². The summed E-state index contributed by atoms with van der Waals surface area (Å²) >= 11 is 0. The molecular weight excluding hydrogens is 475 g/mol. The summed E-state index contributed by atoms with van der Waals surface area (Å²) in [7, 11) is -1.94. The Morgan fingerprint density at radius 3 is 1.61 bits per heavy atom. The predicted octanol–water partition coefficient (Wildman–Crippen LogP) is 5.28. The first-order valence-corrected chi connectivity index (χ1v) is 15.6. The van der Waals surface area contributed by atoms with Crippen LogP contribution in [0.1, 0.15) is 6.92 Å². The van der Waals surface area contributed by atoms with Crippen molar-refractivity contribution in [1.82, 2.24) is 9.55 Å². The van der Waals surface area contributed by atoms with Crippen molar-refractivity contribution >= 4 is 36.1 Å². The van der Waals surface area contributed by atoms with Crippen molar-refractivity contribution in [3.8, 4) is 0 Å². The summed E-state index contributed by atoms with van der Waals surface area (Å²) in [6.07, 6.45) is 11.4. The van der Waals surface area contributed by atoms with Crippen LogP contribution in [-0.2, 0) is 6.17 Å². The van der Waals surface area contributed by atoms with Crippen LogP contribution < -0.4 is 21.3 Å². The second-order valence-corrected chi connectivity index (χ2v) is 13.4. The van der Waals surface area contributed by atoms with Crippen LogP contribution >= 0.6 is 0 Å². The third-order valence-corrected chi connectivity index (χ3v) is 11.6. The van der Waals surface area contributed by atoms with E-state index in [0.29, 0.717) is 6.71 Å². The summed E-state index contributed by atoms with van der Waals surface area (Å²) in [4.78, 5) is 4.24. The summed E-state index contributed by atoms with van der Waals surface area (Å²) in [5.74, 6) is 1.99. The first-order valence-electron chi connectivity index (χ1n) is 13.2. The lowest BCUT2D eigenvalue weighted by molar-refractivity contribution is 0.855. The number of allylic oxidation sites excluding steroid dienone is 2. The second-order valence-electron chi connectivity index (χ2n) is 9.36.